The predicted molar refractivity (Wildman–Crippen MR) is 200 cm³/mol. The number of H-pyrrole nitrogens is 1. The fourth-order valence-corrected chi connectivity index (χ4v) is 4.96. The van der Waals surface area contributed by atoms with Gasteiger partial charge in [-0.3, -0.25) is 38.5 Å². The van der Waals surface area contributed by atoms with Crippen LogP contribution in [0.1, 0.15) is 78.3 Å². The molecule has 0 fully saturated rings. The maximum atomic E-state index is 12.8. The molecule has 1 aromatic carbocycles. The number of aromatic amines is 1. The standard InChI is InChI=1S/C29H33N7O9.C6H8N4O/c1-2-3-4-18(37)9-10-19(38)11-22(39)20(27(42)43)12-21(28(44)45)34-25(40)15-5-7-16(8-6-15)31-13-17-14-32-24-23(33-17)26(41)36-29(30)35-24;7-5(11)4-2-1-3-9-6(4)10-8/h5-8,14,20-21,31H,2-4,9-13H2,1H3,(H,34,40)(H,42,43)(H,44,45)(H3,30,32,35,36,41);1-3H,8H2,(H2,7,11)(H,9,10). The van der Waals surface area contributed by atoms with Crippen molar-refractivity contribution in [3.05, 3.63) is 76.0 Å². The number of carbonyl (C=O) groups is 7. The molecule has 0 spiro atoms. The van der Waals surface area contributed by atoms with E-state index in [9.17, 15) is 48.6 Å². The molecule has 0 aliphatic rings. The Balaban J connectivity index is 0.000000655. The molecule has 12 N–H and O–H groups in total. The number of Topliss-reactive ketones (excluding diaryl/α,β-unsaturated/α-hetero) is 3. The minimum atomic E-state index is -1.86. The first-order chi connectivity index (χ1) is 26.6. The SMILES string of the molecule is CCCCC(=O)CCC(=O)CC(=O)C(CC(NC(=O)c1ccc(NCc2cnc3nc(N)[nH]c(=O)c3n2)cc1)C(=O)O)C(=O)O.NNc1ncccc1C(N)=O. The number of pyridine rings is 1. The number of ketones is 3. The Morgan fingerprint density at radius 3 is 2.21 bits per heavy atom. The van der Waals surface area contributed by atoms with Crippen LogP contribution in [-0.2, 0) is 30.5 Å². The Morgan fingerprint density at radius 1 is 0.911 bits per heavy atom. The molecule has 21 nitrogen and oxygen atoms in total. The molecular weight excluding hydrogens is 734 g/mol. The van der Waals surface area contributed by atoms with E-state index >= 15 is 0 Å². The molecular formula is C35H41N11O10. The number of nitrogens with two attached hydrogens (primary N) is 3. The first-order valence-electron chi connectivity index (χ1n) is 17.0. The number of nitrogens with one attached hydrogen (secondary N) is 4. The number of nitrogen functional groups attached to an aromatic ring is 2. The van der Waals surface area contributed by atoms with Crippen LogP contribution in [0.2, 0.25) is 0 Å². The van der Waals surface area contributed by atoms with Gasteiger partial charge in [-0.25, -0.2) is 25.6 Å². The van der Waals surface area contributed by atoms with E-state index in [0.29, 0.717) is 30.0 Å². The monoisotopic (exact) mass is 775 g/mol. The van der Waals surface area contributed by atoms with E-state index in [2.05, 4.69) is 41.0 Å². The quantitative estimate of drug-likeness (QED) is 0.0339. The number of aromatic nitrogens is 5. The van der Waals surface area contributed by atoms with Crippen molar-refractivity contribution in [1.29, 1.82) is 0 Å². The largest absolute Gasteiger partial charge is 0.481 e. The Kier molecular flexibility index (Phi) is 16.2. The minimum Gasteiger partial charge on any atom is -0.481 e. The third-order valence-corrected chi connectivity index (χ3v) is 7.94. The predicted octanol–water partition coefficient (Wildman–Crippen LogP) is 0.715. The maximum absolute atomic E-state index is 12.8. The fraction of sp³-hybridized carbons (Fsp3) is 0.314. The molecule has 2 unspecified atom stereocenters. The van der Waals surface area contributed by atoms with E-state index in [4.69, 9.17) is 17.3 Å². The van der Waals surface area contributed by atoms with Gasteiger partial charge in [0, 0.05) is 36.7 Å². The number of hydrogen-bond acceptors (Lipinski definition) is 16. The lowest BCUT2D eigenvalue weighted by atomic mass is 9.91. The summed E-state index contributed by atoms with van der Waals surface area (Å²) in [5.41, 5.74) is 13.6. The number of nitrogens with zero attached hydrogens (tertiary/aromatic N) is 4. The zero-order chi connectivity index (χ0) is 41.4. The van der Waals surface area contributed by atoms with Gasteiger partial charge in [0.2, 0.25) is 5.95 Å². The topological polar surface area (TPSA) is 359 Å². The van der Waals surface area contributed by atoms with E-state index in [1.807, 2.05) is 6.92 Å². The Labute approximate surface area is 317 Å². The van der Waals surface area contributed by atoms with Crippen LogP contribution in [0.3, 0.4) is 0 Å². The van der Waals surface area contributed by atoms with Crippen molar-refractivity contribution in [1.82, 2.24) is 30.2 Å². The number of carboxylic acids is 2. The van der Waals surface area contributed by atoms with Gasteiger partial charge >= 0.3 is 11.9 Å². The number of aliphatic carboxylic acids is 2. The van der Waals surface area contributed by atoms with Gasteiger partial charge in [0.15, 0.2) is 22.8 Å². The van der Waals surface area contributed by atoms with Crippen molar-refractivity contribution >= 4 is 69.7 Å². The summed E-state index contributed by atoms with van der Waals surface area (Å²) in [6.07, 6.45) is 2.91. The number of amides is 2. The third-order valence-electron chi connectivity index (χ3n) is 7.94. The second-order valence-electron chi connectivity index (χ2n) is 12.1. The molecule has 56 heavy (non-hydrogen) atoms. The summed E-state index contributed by atoms with van der Waals surface area (Å²) in [7, 11) is 0. The van der Waals surface area contributed by atoms with Crippen molar-refractivity contribution in [2.24, 2.45) is 17.5 Å². The van der Waals surface area contributed by atoms with Crippen LogP contribution in [0.5, 0.6) is 0 Å². The van der Waals surface area contributed by atoms with E-state index in [0.717, 1.165) is 6.42 Å². The lowest BCUT2D eigenvalue weighted by molar-refractivity contribution is -0.148. The summed E-state index contributed by atoms with van der Waals surface area (Å²) in [4.78, 5) is 114. The van der Waals surface area contributed by atoms with Crippen LogP contribution in [0.15, 0.2) is 53.6 Å². The number of unbranched alkanes of at least 4 members (excludes halogenated alkanes) is 1. The second kappa shape index (κ2) is 20.9. The van der Waals surface area contributed by atoms with Gasteiger partial charge in [-0.15, -0.1) is 0 Å². The summed E-state index contributed by atoms with van der Waals surface area (Å²) in [6.45, 7) is 2.07. The van der Waals surface area contributed by atoms with Crippen LogP contribution in [0, 0.1) is 5.92 Å². The van der Waals surface area contributed by atoms with Crippen molar-refractivity contribution < 1.29 is 43.8 Å². The highest BCUT2D eigenvalue weighted by Gasteiger charge is 2.34. The van der Waals surface area contributed by atoms with Crippen molar-refractivity contribution in [2.45, 2.75) is 64.5 Å². The lowest BCUT2D eigenvalue weighted by Crippen LogP contribution is -2.44. The molecule has 0 saturated carbocycles. The molecule has 2 atom stereocenters. The Hall–Kier alpha value is -7.16. The summed E-state index contributed by atoms with van der Waals surface area (Å²) in [5.74, 6) is -2.94. The van der Waals surface area contributed by atoms with Gasteiger partial charge in [-0.2, -0.15) is 4.98 Å². The molecule has 0 aliphatic heterocycles. The first kappa shape index (κ1) is 43.2. The molecule has 4 aromatic rings. The average Bonchev–Trinajstić information content (AvgIpc) is 3.17. The van der Waals surface area contributed by atoms with E-state index < -0.39 is 65.7 Å². The van der Waals surface area contributed by atoms with Crippen LogP contribution >= 0.6 is 0 Å². The summed E-state index contributed by atoms with van der Waals surface area (Å²) >= 11 is 0. The summed E-state index contributed by atoms with van der Waals surface area (Å²) in [5, 5.41) is 24.4. The van der Waals surface area contributed by atoms with Crippen molar-refractivity contribution in [2.75, 3.05) is 16.5 Å². The normalized spacial score (nSPS) is 11.6. The molecule has 0 aliphatic carbocycles. The number of fused-ring (bicyclic) bond motifs is 1. The smallest absolute Gasteiger partial charge is 0.326 e. The molecule has 3 aromatic heterocycles. The number of hydrazine groups is 1. The molecule has 4 rings (SSSR count). The highest BCUT2D eigenvalue weighted by atomic mass is 16.4. The van der Waals surface area contributed by atoms with Gasteiger partial charge in [-0.1, -0.05) is 13.3 Å². The van der Waals surface area contributed by atoms with E-state index in [1.165, 1.54) is 36.7 Å². The van der Waals surface area contributed by atoms with E-state index in [-0.39, 0.29) is 53.4 Å². The minimum absolute atomic E-state index is 0.0104. The number of anilines is 3. The second-order valence-corrected chi connectivity index (χ2v) is 12.1. The number of benzene rings is 1. The van der Waals surface area contributed by atoms with E-state index in [1.54, 1.807) is 12.1 Å². The number of primary amides is 1. The Bertz CT molecular complexity index is 2140. The zero-order valence-electron chi connectivity index (χ0n) is 30.1. The average molecular weight is 776 g/mol. The van der Waals surface area contributed by atoms with Crippen molar-refractivity contribution in [3.63, 3.8) is 0 Å². The lowest BCUT2D eigenvalue weighted by Gasteiger charge is -2.18. The van der Waals surface area contributed by atoms with Gasteiger partial charge in [0.1, 0.15) is 23.5 Å². The number of hydrogen-bond donors (Lipinski definition) is 9. The molecule has 296 valence electrons. The Morgan fingerprint density at radius 2 is 1.61 bits per heavy atom. The van der Waals surface area contributed by atoms with Crippen LogP contribution < -0.4 is 38.9 Å². The molecule has 3 heterocycles. The highest BCUT2D eigenvalue weighted by molar-refractivity contribution is 6.08. The maximum Gasteiger partial charge on any atom is 0.326 e. The third kappa shape index (κ3) is 13.1. The molecule has 0 saturated heterocycles. The van der Waals surface area contributed by atoms with Gasteiger partial charge < -0.3 is 37.7 Å². The molecule has 0 radical (unpaired) electrons. The van der Waals surface area contributed by atoms with Crippen LogP contribution in [0.25, 0.3) is 11.2 Å². The fourth-order valence-electron chi connectivity index (χ4n) is 4.96. The summed E-state index contributed by atoms with van der Waals surface area (Å²) in [6, 6.07) is 7.24. The van der Waals surface area contributed by atoms with Gasteiger partial charge in [0.25, 0.3) is 17.4 Å². The molecule has 21 heteroatoms. The molecule has 0 bridgehead atoms. The van der Waals surface area contributed by atoms with Crippen molar-refractivity contribution in [3.8, 4) is 0 Å². The number of carboxylic acid groups (broad SMARTS) is 2. The van der Waals surface area contributed by atoms with Gasteiger partial charge in [0.05, 0.1) is 30.4 Å². The number of rotatable bonds is 20. The van der Waals surface area contributed by atoms with Gasteiger partial charge in [-0.05, 0) is 49.2 Å². The summed E-state index contributed by atoms with van der Waals surface area (Å²) < 4.78 is 0. The molecule has 2 amide bonds. The zero-order valence-corrected chi connectivity index (χ0v) is 30.1. The first-order valence-corrected chi connectivity index (χ1v) is 17.0. The van der Waals surface area contributed by atoms with Crippen LogP contribution in [-0.4, -0.2) is 82.3 Å². The highest BCUT2D eigenvalue weighted by Crippen LogP contribution is 2.16. The number of carbonyl (C=O) groups excluding carboxylic acids is 5. The van der Waals surface area contributed by atoms with Crippen LogP contribution in [0.4, 0.5) is 17.5 Å².